The summed E-state index contributed by atoms with van der Waals surface area (Å²) in [5.74, 6) is -0.700. The lowest BCUT2D eigenvalue weighted by Gasteiger charge is -1.97. The van der Waals surface area contributed by atoms with Crippen molar-refractivity contribution in [2.24, 2.45) is 0 Å². The Balaban J connectivity index is 2.36. The van der Waals surface area contributed by atoms with Crippen molar-refractivity contribution < 1.29 is 9.90 Å². The van der Waals surface area contributed by atoms with Crippen molar-refractivity contribution in [3.63, 3.8) is 0 Å². The van der Waals surface area contributed by atoms with E-state index in [0.29, 0.717) is 11.5 Å². The Kier molecular flexibility index (Phi) is 2.32. The summed E-state index contributed by atoms with van der Waals surface area (Å²) >= 11 is 0. The standard InChI is InChI=1S/C9H6N4O2/c14-9(15)6-3-12-8(13-4-6)7-5-10-1-2-11-7/h1-5H,(H,14,15). The molecule has 0 fully saturated rings. The molecule has 0 spiro atoms. The molecule has 2 aromatic rings. The second-order valence-electron chi connectivity index (χ2n) is 2.69. The molecular formula is C9H6N4O2. The van der Waals surface area contributed by atoms with Crippen molar-refractivity contribution in [3.05, 3.63) is 36.5 Å². The first-order valence-electron chi connectivity index (χ1n) is 4.09. The molecule has 0 atom stereocenters. The van der Waals surface area contributed by atoms with Gasteiger partial charge in [0.25, 0.3) is 0 Å². The van der Waals surface area contributed by atoms with Gasteiger partial charge < -0.3 is 5.11 Å². The van der Waals surface area contributed by atoms with E-state index >= 15 is 0 Å². The zero-order valence-electron chi connectivity index (χ0n) is 7.53. The summed E-state index contributed by atoms with van der Waals surface area (Å²) in [6.07, 6.45) is 7.04. The second-order valence-corrected chi connectivity index (χ2v) is 2.69. The average molecular weight is 202 g/mol. The van der Waals surface area contributed by atoms with Crippen molar-refractivity contribution in [2.45, 2.75) is 0 Å². The number of carboxylic acids is 1. The van der Waals surface area contributed by atoms with Gasteiger partial charge in [-0.25, -0.2) is 19.7 Å². The third-order valence-electron chi connectivity index (χ3n) is 1.69. The molecular weight excluding hydrogens is 196 g/mol. The van der Waals surface area contributed by atoms with Gasteiger partial charge in [0.05, 0.1) is 11.8 Å². The van der Waals surface area contributed by atoms with Crippen molar-refractivity contribution >= 4 is 5.97 Å². The third-order valence-corrected chi connectivity index (χ3v) is 1.69. The molecule has 0 bridgehead atoms. The highest BCUT2D eigenvalue weighted by molar-refractivity contribution is 5.86. The maximum Gasteiger partial charge on any atom is 0.338 e. The van der Waals surface area contributed by atoms with Crippen LogP contribution >= 0.6 is 0 Å². The van der Waals surface area contributed by atoms with Crippen LogP contribution < -0.4 is 0 Å². The number of nitrogens with zero attached hydrogens (tertiary/aromatic N) is 4. The summed E-state index contributed by atoms with van der Waals surface area (Å²) in [6, 6.07) is 0. The van der Waals surface area contributed by atoms with E-state index < -0.39 is 5.97 Å². The van der Waals surface area contributed by atoms with E-state index in [9.17, 15) is 4.79 Å². The number of carboxylic acid groups (broad SMARTS) is 1. The van der Waals surface area contributed by atoms with Gasteiger partial charge in [-0.1, -0.05) is 0 Å². The Labute approximate surface area is 84.7 Å². The van der Waals surface area contributed by atoms with Crippen molar-refractivity contribution in [1.29, 1.82) is 0 Å². The Morgan fingerprint density at radius 3 is 2.33 bits per heavy atom. The molecule has 6 heteroatoms. The Bertz CT molecular complexity index is 469. The number of rotatable bonds is 2. The Hall–Kier alpha value is -2.37. The monoisotopic (exact) mass is 202 g/mol. The van der Waals surface area contributed by atoms with Crippen LogP contribution in [0.1, 0.15) is 10.4 Å². The molecule has 1 N–H and O–H groups in total. The van der Waals surface area contributed by atoms with E-state index in [4.69, 9.17) is 5.11 Å². The van der Waals surface area contributed by atoms with Gasteiger partial charge in [-0.2, -0.15) is 0 Å². The van der Waals surface area contributed by atoms with E-state index in [2.05, 4.69) is 19.9 Å². The van der Waals surface area contributed by atoms with Crippen LogP contribution in [0, 0.1) is 0 Å². The summed E-state index contributed by atoms with van der Waals surface area (Å²) in [6.45, 7) is 0. The minimum Gasteiger partial charge on any atom is -0.478 e. The van der Waals surface area contributed by atoms with E-state index in [1.807, 2.05) is 0 Å². The first kappa shape index (κ1) is 9.20. The highest BCUT2D eigenvalue weighted by atomic mass is 16.4. The topological polar surface area (TPSA) is 88.9 Å². The fourth-order valence-electron chi connectivity index (χ4n) is 0.985. The molecule has 0 aliphatic heterocycles. The molecule has 0 saturated heterocycles. The molecule has 2 rings (SSSR count). The molecule has 74 valence electrons. The maximum absolute atomic E-state index is 10.5. The lowest BCUT2D eigenvalue weighted by Crippen LogP contribution is -2.00. The fourth-order valence-corrected chi connectivity index (χ4v) is 0.985. The quantitative estimate of drug-likeness (QED) is 0.768. The second kappa shape index (κ2) is 3.79. The van der Waals surface area contributed by atoms with E-state index in [1.54, 1.807) is 0 Å². The summed E-state index contributed by atoms with van der Waals surface area (Å²) in [5.41, 5.74) is 0.553. The molecule has 0 aliphatic carbocycles. The minimum absolute atomic E-state index is 0.0441. The van der Waals surface area contributed by atoms with Gasteiger partial charge in [-0.3, -0.25) is 4.98 Å². The average Bonchev–Trinajstić information content (AvgIpc) is 2.30. The molecule has 0 amide bonds. The van der Waals surface area contributed by atoms with Gasteiger partial charge in [-0.05, 0) is 0 Å². The van der Waals surface area contributed by atoms with Crippen molar-refractivity contribution in [3.8, 4) is 11.5 Å². The summed E-state index contributed by atoms with van der Waals surface area (Å²) in [7, 11) is 0. The summed E-state index contributed by atoms with van der Waals surface area (Å²) in [5, 5.41) is 8.64. The molecule has 6 nitrogen and oxygen atoms in total. The molecule has 0 saturated carbocycles. The van der Waals surface area contributed by atoms with Crippen molar-refractivity contribution in [1.82, 2.24) is 19.9 Å². The van der Waals surface area contributed by atoms with Crippen molar-refractivity contribution in [2.75, 3.05) is 0 Å². The Morgan fingerprint density at radius 2 is 1.80 bits per heavy atom. The number of hydrogen-bond donors (Lipinski definition) is 1. The Morgan fingerprint density at radius 1 is 1.07 bits per heavy atom. The largest absolute Gasteiger partial charge is 0.478 e. The van der Waals surface area contributed by atoms with E-state index in [1.165, 1.54) is 31.0 Å². The lowest BCUT2D eigenvalue weighted by atomic mass is 10.3. The number of aromatic carboxylic acids is 1. The van der Waals surface area contributed by atoms with Crippen LogP contribution in [-0.2, 0) is 0 Å². The number of hydrogen-bond acceptors (Lipinski definition) is 5. The zero-order valence-corrected chi connectivity index (χ0v) is 7.53. The lowest BCUT2D eigenvalue weighted by molar-refractivity contribution is 0.0696. The smallest absolute Gasteiger partial charge is 0.338 e. The highest BCUT2D eigenvalue weighted by Crippen LogP contribution is 2.08. The highest BCUT2D eigenvalue weighted by Gasteiger charge is 2.06. The van der Waals surface area contributed by atoms with Crippen LogP contribution in [0.4, 0.5) is 0 Å². The summed E-state index contributed by atoms with van der Waals surface area (Å²) < 4.78 is 0. The molecule has 0 aromatic carbocycles. The van der Waals surface area contributed by atoms with Gasteiger partial charge >= 0.3 is 5.97 Å². The van der Waals surface area contributed by atoms with Crippen LogP contribution in [-0.4, -0.2) is 31.0 Å². The molecule has 0 radical (unpaired) electrons. The number of carbonyl (C=O) groups is 1. The molecule has 2 aromatic heterocycles. The fraction of sp³-hybridized carbons (Fsp3) is 0. The number of aromatic nitrogens is 4. The first-order chi connectivity index (χ1) is 7.27. The van der Waals surface area contributed by atoms with E-state index in [0.717, 1.165) is 0 Å². The first-order valence-corrected chi connectivity index (χ1v) is 4.09. The normalized spacial score (nSPS) is 9.87. The molecule has 2 heterocycles. The van der Waals surface area contributed by atoms with Gasteiger partial charge in [0.15, 0.2) is 5.82 Å². The van der Waals surface area contributed by atoms with Crippen LogP contribution in [0.15, 0.2) is 31.0 Å². The van der Waals surface area contributed by atoms with Gasteiger partial charge in [0.1, 0.15) is 5.69 Å². The predicted octanol–water partition coefficient (Wildman–Crippen LogP) is 0.632. The van der Waals surface area contributed by atoms with Crippen LogP contribution in [0.2, 0.25) is 0 Å². The minimum atomic E-state index is -1.05. The van der Waals surface area contributed by atoms with Gasteiger partial charge in [0, 0.05) is 24.8 Å². The molecule has 0 aliphatic rings. The zero-order chi connectivity index (χ0) is 10.7. The molecule has 15 heavy (non-hydrogen) atoms. The van der Waals surface area contributed by atoms with Crippen LogP contribution in [0.5, 0.6) is 0 Å². The van der Waals surface area contributed by atoms with E-state index in [-0.39, 0.29) is 5.56 Å². The summed E-state index contributed by atoms with van der Waals surface area (Å²) in [4.78, 5) is 26.1. The third kappa shape index (κ3) is 1.93. The SMILES string of the molecule is O=C(O)c1cnc(-c2cnccn2)nc1. The van der Waals surface area contributed by atoms with Gasteiger partial charge in [-0.15, -0.1) is 0 Å². The van der Waals surface area contributed by atoms with Crippen LogP contribution in [0.3, 0.4) is 0 Å². The van der Waals surface area contributed by atoms with Crippen LogP contribution in [0.25, 0.3) is 11.5 Å². The molecule has 0 unspecified atom stereocenters. The van der Waals surface area contributed by atoms with Gasteiger partial charge in [0.2, 0.25) is 0 Å². The predicted molar refractivity (Wildman–Crippen MR) is 50.0 cm³/mol. The maximum atomic E-state index is 10.5.